The maximum Gasteiger partial charge on any atom is 3.00 e. The average molecular weight is 370 g/mol. The van der Waals surface area contributed by atoms with Crippen LogP contribution in [0.5, 0.6) is 5.75 Å². The van der Waals surface area contributed by atoms with Gasteiger partial charge in [0.25, 0.3) is 0 Å². The normalized spacial score (nSPS) is 9.86. The summed E-state index contributed by atoms with van der Waals surface area (Å²) in [5.41, 5.74) is 1.05. The molecule has 2 aromatic carbocycles. The zero-order valence-electron chi connectivity index (χ0n) is 11.7. The van der Waals surface area contributed by atoms with Crippen LogP contribution in [0.4, 0.5) is 5.69 Å². The molecule has 0 bridgehead atoms. The summed E-state index contributed by atoms with van der Waals surface area (Å²) < 4.78 is 5.39. The van der Waals surface area contributed by atoms with E-state index < -0.39 is 5.91 Å². The Morgan fingerprint density at radius 3 is 2.50 bits per heavy atom. The Morgan fingerprint density at radius 2 is 1.82 bits per heavy atom. The van der Waals surface area contributed by atoms with Crippen LogP contribution < -0.4 is 10.1 Å². The molecule has 2 rings (SSSR count). The van der Waals surface area contributed by atoms with Crippen molar-refractivity contribution in [1.29, 1.82) is 0 Å². The van der Waals surface area contributed by atoms with Gasteiger partial charge in [-0.05, 0) is 24.1 Å². The molecule has 0 saturated carbocycles. The number of rotatable bonds is 5. The van der Waals surface area contributed by atoms with Crippen molar-refractivity contribution in [3.63, 3.8) is 0 Å². The van der Waals surface area contributed by atoms with Gasteiger partial charge in [0.05, 0.1) is 5.91 Å². The van der Waals surface area contributed by atoms with Crippen molar-refractivity contribution in [2.75, 3.05) is 5.32 Å². The van der Waals surface area contributed by atoms with Gasteiger partial charge in [-0.15, -0.1) is 11.6 Å². The first-order valence-corrected chi connectivity index (χ1v) is 6.13. The van der Waals surface area contributed by atoms with Gasteiger partial charge < -0.3 is 33.1 Å². The Balaban J connectivity index is 0.00000242. The molecule has 2 aromatic rings. The van der Waals surface area contributed by atoms with E-state index >= 15 is 0 Å². The number of para-hydroxylation sites is 2. The minimum atomic E-state index is -0.461. The molecular formula is C16H13N2O3Y. The zero-order chi connectivity index (χ0) is 15.1. The first-order valence-electron chi connectivity index (χ1n) is 6.13. The van der Waals surface area contributed by atoms with E-state index in [0.29, 0.717) is 17.0 Å². The second-order valence-corrected chi connectivity index (χ2v) is 4.05. The van der Waals surface area contributed by atoms with E-state index in [1.807, 2.05) is 6.07 Å². The summed E-state index contributed by atoms with van der Waals surface area (Å²) in [6.45, 7) is 3.59. The molecule has 108 valence electrons. The summed E-state index contributed by atoms with van der Waals surface area (Å²) in [5.74, 6) is -0.138. The van der Waals surface area contributed by atoms with E-state index in [4.69, 9.17) is 9.94 Å². The number of nitrogens with zero attached hydrogens (tertiary/aromatic N) is 1. The van der Waals surface area contributed by atoms with Crippen molar-refractivity contribution in [3.8, 4) is 5.75 Å². The number of carbonyl (C=O) groups is 1. The van der Waals surface area contributed by atoms with Gasteiger partial charge in [-0.3, -0.25) is 0 Å². The van der Waals surface area contributed by atoms with Gasteiger partial charge in [0.1, 0.15) is 0 Å². The fourth-order valence-corrected chi connectivity index (χ4v) is 1.60. The van der Waals surface area contributed by atoms with Crippen LogP contribution in [-0.4, -0.2) is 17.3 Å². The van der Waals surface area contributed by atoms with E-state index in [1.165, 1.54) is 0 Å². The molecule has 22 heavy (non-hydrogen) atoms. The Kier molecular flexibility index (Phi) is 7.64. The maximum atomic E-state index is 12.0. The number of carbonyl (C=O) groups excluding carboxylic acids is 1. The summed E-state index contributed by atoms with van der Waals surface area (Å²) in [5, 5.41) is 14.0. The van der Waals surface area contributed by atoms with Gasteiger partial charge in [-0.25, -0.2) is 0 Å². The fourth-order valence-electron chi connectivity index (χ4n) is 1.60. The van der Waals surface area contributed by atoms with Crippen LogP contribution in [0.3, 0.4) is 0 Å². The van der Waals surface area contributed by atoms with E-state index in [1.54, 1.807) is 48.5 Å². The number of nitrogens with one attached hydrogen (secondary N) is 1. The van der Waals surface area contributed by atoms with Gasteiger partial charge in [-0.2, -0.15) is 11.2 Å². The third-order valence-corrected chi connectivity index (χ3v) is 2.58. The third kappa shape index (κ3) is 5.17. The minimum Gasteiger partial charge on any atom is -0.719 e. The monoisotopic (exact) mass is 370 g/mol. The average Bonchev–Trinajstić information content (AvgIpc) is 2.50. The van der Waals surface area contributed by atoms with E-state index in [0.717, 1.165) is 0 Å². The molecule has 1 amide bonds. The number of ether oxygens (including phenoxy) is 1. The van der Waals surface area contributed by atoms with Crippen LogP contribution in [0.2, 0.25) is 0 Å². The summed E-state index contributed by atoms with van der Waals surface area (Å²) in [6.07, 6.45) is 2.28. The van der Waals surface area contributed by atoms with E-state index in [9.17, 15) is 4.79 Å². The van der Waals surface area contributed by atoms with Gasteiger partial charge in [0.15, 0.2) is 0 Å². The third-order valence-electron chi connectivity index (χ3n) is 2.58. The SMILES string of the molecule is [CH2-][C-](Oc1ccccc1[C-]=NO)C(=O)Nc1ccccc1.[Y+3]. The predicted octanol–water partition coefficient (Wildman–Crippen LogP) is 2.75. The van der Waals surface area contributed by atoms with E-state index in [2.05, 4.69) is 23.6 Å². The number of hydrogen-bond donors (Lipinski definition) is 2. The largest absolute Gasteiger partial charge is 3.00 e. The molecule has 0 atom stereocenters. The second kappa shape index (κ2) is 9.23. The molecule has 0 saturated heterocycles. The molecule has 0 fully saturated rings. The molecule has 0 unspecified atom stereocenters. The molecule has 0 spiro atoms. The van der Waals surface area contributed by atoms with Crippen LogP contribution in [0.15, 0.2) is 59.8 Å². The quantitative estimate of drug-likeness (QED) is 0.368. The predicted molar refractivity (Wildman–Crippen MR) is 79.1 cm³/mol. The Hall–Kier alpha value is -1.85. The summed E-state index contributed by atoms with van der Waals surface area (Å²) in [7, 11) is 0. The van der Waals surface area contributed by atoms with Gasteiger partial charge in [0, 0.05) is 5.69 Å². The molecule has 6 heteroatoms. The summed E-state index contributed by atoms with van der Waals surface area (Å²) in [6, 6.07) is 15.7. The van der Waals surface area contributed by atoms with Crippen LogP contribution in [-0.2, 0) is 37.5 Å². The van der Waals surface area contributed by atoms with Crippen LogP contribution in [0.25, 0.3) is 0 Å². The molecular weight excluding hydrogens is 357 g/mol. The zero-order valence-corrected chi connectivity index (χ0v) is 14.5. The molecule has 0 aromatic heterocycles. The minimum absolute atomic E-state index is 0. The fraction of sp³-hybridized carbons (Fsp3) is 0. The van der Waals surface area contributed by atoms with Gasteiger partial charge >= 0.3 is 32.7 Å². The molecule has 0 aliphatic heterocycles. The van der Waals surface area contributed by atoms with E-state index in [-0.39, 0.29) is 38.8 Å². The molecule has 5 nitrogen and oxygen atoms in total. The summed E-state index contributed by atoms with van der Waals surface area (Å²) >= 11 is 0. The Labute approximate surface area is 154 Å². The molecule has 0 aliphatic rings. The van der Waals surface area contributed by atoms with Crippen molar-refractivity contribution >= 4 is 17.8 Å². The number of amides is 1. The van der Waals surface area contributed by atoms with Crippen LogP contribution >= 0.6 is 0 Å². The number of anilines is 1. The van der Waals surface area contributed by atoms with Crippen molar-refractivity contribution < 1.29 is 47.4 Å². The Morgan fingerprint density at radius 1 is 1.18 bits per heavy atom. The molecule has 0 aliphatic carbocycles. The van der Waals surface area contributed by atoms with Gasteiger partial charge in [-0.1, -0.05) is 30.3 Å². The van der Waals surface area contributed by atoms with Crippen LogP contribution in [0.1, 0.15) is 5.56 Å². The standard InChI is InChI=1S/C16H13N2O3.Y/c1-12(16(19)18-14-8-3-2-4-9-14)21-15-10-6-5-7-13(15)11-17-20;/h2-10,20H,1H2,(H,18,19);/q-3;+3. The molecule has 2 N–H and O–H groups in total. The second-order valence-electron chi connectivity index (χ2n) is 4.05. The maximum absolute atomic E-state index is 12.0. The Bertz CT molecular complexity index is 632. The van der Waals surface area contributed by atoms with Gasteiger partial charge in [0.2, 0.25) is 0 Å². The number of benzene rings is 2. The topological polar surface area (TPSA) is 70.9 Å². The van der Waals surface area contributed by atoms with Crippen molar-refractivity contribution in [1.82, 2.24) is 0 Å². The molecule has 0 radical (unpaired) electrons. The van der Waals surface area contributed by atoms with Crippen molar-refractivity contribution in [2.24, 2.45) is 5.16 Å². The smallest absolute Gasteiger partial charge is 0.719 e. The van der Waals surface area contributed by atoms with Crippen molar-refractivity contribution in [3.05, 3.63) is 73.2 Å². The number of hydrogen-bond acceptors (Lipinski definition) is 4. The first kappa shape index (κ1) is 18.2. The summed E-state index contributed by atoms with van der Waals surface area (Å²) in [4.78, 5) is 12.0. The van der Waals surface area contributed by atoms with Crippen molar-refractivity contribution in [2.45, 2.75) is 0 Å². The first-order chi connectivity index (χ1) is 10.2. The van der Waals surface area contributed by atoms with Crippen LogP contribution in [0, 0.1) is 13.0 Å². The molecule has 0 heterocycles.